The summed E-state index contributed by atoms with van der Waals surface area (Å²) >= 11 is 0. The first-order valence-corrected chi connectivity index (χ1v) is 11.5. The van der Waals surface area contributed by atoms with Crippen LogP contribution in [0.1, 0.15) is 36.8 Å². The largest absolute Gasteiger partial charge is 0.464 e. The van der Waals surface area contributed by atoms with Crippen LogP contribution in [0.15, 0.2) is 46.9 Å². The summed E-state index contributed by atoms with van der Waals surface area (Å²) < 4.78 is 11.1. The van der Waals surface area contributed by atoms with Crippen LogP contribution in [0.3, 0.4) is 0 Å². The van der Waals surface area contributed by atoms with Crippen molar-refractivity contribution < 1.29 is 18.7 Å². The van der Waals surface area contributed by atoms with E-state index >= 15 is 0 Å². The highest BCUT2D eigenvalue weighted by atomic mass is 16.5. The molecule has 7 nitrogen and oxygen atoms in total. The van der Waals surface area contributed by atoms with Gasteiger partial charge in [-0.3, -0.25) is 14.5 Å². The third-order valence-corrected chi connectivity index (χ3v) is 5.70. The molecule has 174 valence electrons. The number of carbonyl (C=O) groups is 2. The fourth-order valence-electron chi connectivity index (χ4n) is 3.88. The van der Waals surface area contributed by atoms with Gasteiger partial charge in [-0.2, -0.15) is 0 Å². The molecule has 7 heteroatoms. The van der Waals surface area contributed by atoms with Gasteiger partial charge in [0.2, 0.25) is 11.8 Å². The number of nitrogens with zero attached hydrogens (tertiary/aromatic N) is 3. The maximum Gasteiger partial charge on any atom is 0.242 e. The highest BCUT2D eigenvalue weighted by molar-refractivity contribution is 5.84. The molecule has 2 aromatic rings. The lowest BCUT2D eigenvalue weighted by molar-refractivity contribution is -0.141. The first-order chi connectivity index (χ1) is 15.5. The summed E-state index contributed by atoms with van der Waals surface area (Å²) in [6.07, 6.45) is 1.23. The van der Waals surface area contributed by atoms with Crippen molar-refractivity contribution >= 4 is 11.8 Å². The molecule has 1 aromatic carbocycles. The van der Waals surface area contributed by atoms with Gasteiger partial charge in [0.15, 0.2) is 0 Å². The first kappa shape index (κ1) is 24.0. The smallest absolute Gasteiger partial charge is 0.242 e. The molecule has 1 aromatic heterocycles. The minimum Gasteiger partial charge on any atom is -0.464 e. The number of morpholine rings is 1. The van der Waals surface area contributed by atoms with E-state index in [1.165, 1.54) is 0 Å². The Morgan fingerprint density at radius 3 is 2.38 bits per heavy atom. The molecule has 0 saturated carbocycles. The molecule has 0 radical (unpaired) electrons. The average molecular weight is 442 g/mol. The lowest BCUT2D eigenvalue weighted by Gasteiger charge is -2.29. The van der Waals surface area contributed by atoms with Gasteiger partial charge in [0.05, 0.1) is 26.3 Å². The second-order valence-electron chi connectivity index (χ2n) is 8.22. The van der Waals surface area contributed by atoms with Crippen molar-refractivity contribution in [2.24, 2.45) is 0 Å². The Hall–Kier alpha value is -2.64. The summed E-state index contributed by atoms with van der Waals surface area (Å²) in [5.41, 5.74) is 1.05. The quantitative estimate of drug-likeness (QED) is 0.536. The van der Waals surface area contributed by atoms with Gasteiger partial charge < -0.3 is 19.0 Å². The zero-order valence-corrected chi connectivity index (χ0v) is 19.3. The predicted octanol–water partition coefficient (Wildman–Crippen LogP) is 3.08. The Morgan fingerprint density at radius 1 is 0.969 bits per heavy atom. The SMILES string of the molecule is CCC(=O)N(CCCN1CCOCC1)CC(=O)N(Cc1ccccc1)Cc1ccc(C)o1. The van der Waals surface area contributed by atoms with E-state index < -0.39 is 0 Å². The Morgan fingerprint density at radius 2 is 1.72 bits per heavy atom. The Balaban J connectivity index is 1.63. The van der Waals surface area contributed by atoms with Crippen molar-refractivity contribution in [3.63, 3.8) is 0 Å². The second kappa shape index (κ2) is 12.4. The number of rotatable bonds is 11. The molecule has 0 unspecified atom stereocenters. The Labute approximate surface area is 190 Å². The lowest BCUT2D eigenvalue weighted by Crippen LogP contribution is -2.44. The number of hydrogen-bond acceptors (Lipinski definition) is 5. The van der Waals surface area contributed by atoms with Crippen LogP contribution in [0.25, 0.3) is 0 Å². The maximum absolute atomic E-state index is 13.3. The highest BCUT2D eigenvalue weighted by Crippen LogP contribution is 2.14. The van der Waals surface area contributed by atoms with Crippen LogP contribution >= 0.6 is 0 Å². The highest BCUT2D eigenvalue weighted by Gasteiger charge is 2.22. The molecule has 32 heavy (non-hydrogen) atoms. The zero-order valence-electron chi connectivity index (χ0n) is 19.3. The van der Waals surface area contributed by atoms with E-state index in [2.05, 4.69) is 4.90 Å². The van der Waals surface area contributed by atoms with Gasteiger partial charge in [0, 0.05) is 39.1 Å². The van der Waals surface area contributed by atoms with E-state index in [-0.39, 0.29) is 18.4 Å². The maximum atomic E-state index is 13.3. The molecule has 2 amide bonds. The third-order valence-electron chi connectivity index (χ3n) is 5.70. The van der Waals surface area contributed by atoms with Crippen molar-refractivity contribution in [3.8, 4) is 0 Å². The van der Waals surface area contributed by atoms with Crippen LogP contribution in [0, 0.1) is 6.92 Å². The number of ether oxygens (including phenoxy) is 1. The van der Waals surface area contributed by atoms with Crippen molar-refractivity contribution in [1.29, 1.82) is 0 Å². The lowest BCUT2D eigenvalue weighted by atomic mass is 10.2. The van der Waals surface area contributed by atoms with Crippen LogP contribution < -0.4 is 0 Å². The standard InChI is InChI=1S/C25H35N3O4/c1-3-24(29)27(13-7-12-26-14-16-31-17-15-26)20-25(30)28(18-22-8-5-4-6-9-22)19-23-11-10-21(2)32-23/h4-6,8-11H,3,7,12-20H2,1-2H3. The van der Waals surface area contributed by atoms with E-state index in [0.29, 0.717) is 26.1 Å². The molecule has 0 N–H and O–H groups in total. The van der Waals surface area contributed by atoms with E-state index in [4.69, 9.17) is 9.15 Å². The summed E-state index contributed by atoms with van der Waals surface area (Å²) in [6, 6.07) is 13.7. The molecule has 1 saturated heterocycles. The van der Waals surface area contributed by atoms with E-state index in [9.17, 15) is 9.59 Å². The van der Waals surface area contributed by atoms with Crippen LogP contribution in [0.2, 0.25) is 0 Å². The first-order valence-electron chi connectivity index (χ1n) is 11.5. The van der Waals surface area contributed by atoms with Gasteiger partial charge in [0.25, 0.3) is 0 Å². The van der Waals surface area contributed by atoms with Crippen LogP contribution in [-0.4, -0.2) is 72.5 Å². The Kier molecular flexibility index (Phi) is 9.31. The molecule has 1 fully saturated rings. The van der Waals surface area contributed by atoms with Gasteiger partial charge in [-0.05, 0) is 31.0 Å². The molecule has 0 aliphatic carbocycles. The second-order valence-corrected chi connectivity index (χ2v) is 8.22. The van der Waals surface area contributed by atoms with Crippen molar-refractivity contribution in [2.45, 2.75) is 39.8 Å². The molecular formula is C25H35N3O4. The summed E-state index contributed by atoms with van der Waals surface area (Å²) in [4.78, 5) is 31.7. The van der Waals surface area contributed by atoms with Crippen molar-refractivity contribution in [2.75, 3.05) is 45.9 Å². The summed E-state index contributed by atoms with van der Waals surface area (Å²) in [6.45, 7) is 9.53. The number of aryl methyl sites for hydroxylation is 1. The molecule has 0 spiro atoms. The fourth-order valence-corrected chi connectivity index (χ4v) is 3.88. The van der Waals surface area contributed by atoms with Crippen molar-refractivity contribution in [3.05, 3.63) is 59.5 Å². The predicted molar refractivity (Wildman–Crippen MR) is 123 cm³/mol. The van der Waals surface area contributed by atoms with Gasteiger partial charge in [-0.25, -0.2) is 0 Å². The molecule has 1 aliphatic heterocycles. The van der Waals surface area contributed by atoms with Gasteiger partial charge in [-0.15, -0.1) is 0 Å². The molecule has 0 bridgehead atoms. The monoisotopic (exact) mass is 441 g/mol. The third kappa shape index (κ3) is 7.50. The molecule has 0 atom stereocenters. The van der Waals surface area contributed by atoms with Gasteiger partial charge in [0.1, 0.15) is 11.5 Å². The van der Waals surface area contributed by atoms with Crippen molar-refractivity contribution in [1.82, 2.24) is 14.7 Å². The number of furan rings is 1. The van der Waals surface area contributed by atoms with Crippen LogP contribution in [0.4, 0.5) is 0 Å². The number of hydrogen-bond donors (Lipinski definition) is 0. The van der Waals surface area contributed by atoms with Gasteiger partial charge in [-0.1, -0.05) is 37.3 Å². The number of carbonyl (C=O) groups excluding carboxylic acids is 2. The minimum absolute atomic E-state index is 0.00818. The molecule has 3 rings (SSSR count). The van der Waals surface area contributed by atoms with E-state index in [0.717, 1.165) is 56.4 Å². The molecule has 2 heterocycles. The van der Waals surface area contributed by atoms with Crippen LogP contribution in [0.5, 0.6) is 0 Å². The topological polar surface area (TPSA) is 66.2 Å². The average Bonchev–Trinajstić information content (AvgIpc) is 3.23. The zero-order chi connectivity index (χ0) is 22.8. The number of amides is 2. The Bertz CT molecular complexity index is 846. The summed E-state index contributed by atoms with van der Waals surface area (Å²) in [5, 5.41) is 0. The molecular weight excluding hydrogens is 406 g/mol. The fraction of sp³-hybridized carbons (Fsp3) is 0.520. The van der Waals surface area contributed by atoms with E-state index in [1.807, 2.05) is 56.3 Å². The van der Waals surface area contributed by atoms with Crippen LogP contribution in [-0.2, 0) is 27.4 Å². The normalized spacial score (nSPS) is 14.3. The number of benzene rings is 1. The minimum atomic E-state index is -0.0731. The molecule has 1 aliphatic rings. The van der Waals surface area contributed by atoms with E-state index in [1.54, 1.807) is 9.80 Å². The summed E-state index contributed by atoms with van der Waals surface area (Å²) in [5.74, 6) is 1.50. The van der Waals surface area contributed by atoms with Gasteiger partial charge >= 0.3 is 0 Å². The summed E-state index contributed by atoms with van der Waals surface area (Å²) in [7, 11) is 0.